The van der Waals surface area contributed by atoms with Crippen LogP contribution < -0.4 is 9.88 Å². The predicted octanol–water partition coefficient (Wildman–Crippen LogP) is 6.01. The number of methoxy groups -OCH3 is 1. The Morgan fingerprint density at radius 1 is 0.970 bits per heavy atom. The normalized spacial score (nSPS) is 17.8. The number of hydrogen-bond acceptors (Lipinski definition) is 3. The Labute approximate surface area is 196 Å². The van der Waals surface area contributed by atoms with E-state index in [9.17, 15) is 4.79 Å². The number of nitrogens with one attached hydrogen (secondary N) is 1. The number of rotatable bonds is 6. The molecule has 2 saturated carbocycles. The molecule has 2 aliphatic rings. The summed E-state index contributed by atoms with van der Waals surface area (Å²) in [5.41, 5.74) is 5.23. The van der Waals surface area contributed by atoms with Gasteiger partial charge in [0, 0.05) is 6.04 Å². The number of carbonyl (C=O) groups excluding carboxylic acids is 1. The molecule has 33 heavy (non-hydrogen) atoms. The van der Waals surface area contributed by atoms with E-state index in [1.165, 1.54) is 69.6 Å². The van der Waals surface area contributed by atoms with Crippen LogP contribution in [0.4, 0.5) is 5.69 Å². The maximum absolute atomic E-state index is 12.8. The average Bonchev–Trinajstić information content (AvgIpc) is 3.24. The standard InChI is InChI=1S/C28H35N3O2/c1-33-28(32)24-17-18-25-27(26(24)29-22-13-7-3-8-14-22)31(23-15-9-4-10-16-23)20-30(25)19-21-11-5-2-6-12-21/h2,5-6,11-12,17-18,20,22-23H,3-4,7-10,13-16,19H2,1H3/p+1. The molecule has 0 unspecified atom stereocenters. The monoisotopic (exact) mass is 446 g/mol. The van der Waals surface area contributed by atoms with Crippen LogP contribution in [0.2, 0.25) is 0 Å². The second kappa shape index (κ2) is 9.98. The van der Waals surface area contributed by atoms with Crippen molar-refractivity contribution in [2.24, 2.45) is 0 Å². The van der Waals surface area contributed by atoms with E-state index in [0.29, 0.717) is 17.6 Å². The van der Waals surface area contributed by atoms with Crippen LogP contribution in [0.1, 0.15) is 86.2 Å². The lowest BCUT2D eigenvalue weighted by atomic mass is 9.94. The molecule has 2 fully saturated rings. The molecular weight excluding hydrogens is 410 g/mol. The number of fused-ring (bicyclic) bond motifs is 1. The highest BCUT2D eigenvalue weighted by atomic mass is 16.5. The molecule has 1 N–H and O–H groups in total. The molecule has 0 bridgehead atoms. The Kier molecular flexibility index (Phi) is 6.65. The maximum Gasteiger partial charge on any atom is 0.340 e. The lowest BCUT2D eigenvalue weighted by Crippen LogP contribution is -2.40. The average molecular weight is 447 g/mol. The highest BCUT2D eigenvalue weighted by molar-refractivity contribution is 6.03. The second-order valence-corrected chi connectivity index (χ2v) is 9.75. The van der Waals surface area contributed by atoms with Gasteiger partial charge in [0.1, 0.15) is 18.3 Å². The molecule has 2 aromatic carbocycles. The van der Waals surface area contributed by atoms with Crippen molar-refractivity contribution in [1.82, 2.24) is 4.57 Å². The molecule has 0 atom stereocenters. The van der Waals surface area contributed by atoms with E-state index in [0.717, 1.165) is 30.6 Å². The van der Waals surface area contributed by atoms with Crippen molar-refractivity contribution in [1.29, 1.82) is 0 Å². The molecule has 5 rings (SSSR count). The van der Waals surface area contributed by atoms with Gasteiger partial charge in [-0.25, -0.2) is 13.9 Å². The van der Waals surface area contributed by atoms with Crippen LogP contribution in [-0.4, -0.2) is 23.7 Å². The number of hydrogen-bond donors (Lipinski definition) is 1. The van der Waals surface area contributed by atoms with Crippen molar-refractivity contribution in [3.8, 4) is 0 Å². The van der Waals surface area contributed by atoms with Gasteiger partial charge in [-0.1, -0.05) is 56.0 Å². The van der Waals surface area contributed by atoms with Crippen LogP contribution in [0.25, 0.3) is 11.0 Å². The summed E-state index contributed by atoms with van der Waals surface area (Å²) in [5.74, 6) is -0.263. The first-order valence-electron chi connectivity index (χ1n) is 12.7. The summed E-state index contributed by atoms with van der Waals surface area (Å²) in [7, 11) is 1.48. The van der Waals surface area contributed by atoms with E-state index in [1.807, 2.05) is 6.07 Å². The molecule has 2 aliphatic carbocycles. The number of nitrogens with zero attached hydrogens (tertiary/aromatic N) is 2. The Balaban J connectivity index is 1.66. The minimum Gasteiger partial charge on any atom is -0.465 e. The number of anilines is 1. The molecule has 3 aromatic rings. The highest BCUT2D eigenvalue weighted by Crippen LogP contribution is 2.33. The Morgan fingerprint density at radius 3 is 2.36 bits per heavy atom. The first-order chi connectivity index (χ1) is 16.2. The molecule has 5 nitrogen and oxygen atoms in total. The summed E-state index contributed by atoms with van der Waals surface area (Å²) in [6.45, 7) is 0.817. The topological polar surface area (TPSA) is 47.1 Å². The number of esters is 1. The van der Waals surface area contributed by atoms with Gasteiger partial charge >= 0.3 is 5.97 Å². The predicted molar refractivity (Wildman–Crippen MR) is 132 cm³/mol. The first-order valence-corrected chi connectivity index (χ1v) is 12.7. The third kappa shape index (κ3) is 4.64. The van der Waals surface area contributed by atoms with Gasteiger partial charge in [-0.2, -0.15) is 0 Å². The number of imidazole rings is 1. The SMILES string of the molecule is COC(=O)c1ccc2c(c1NC1CCCCC1)[n+](C1CCCCC1)cn2Cc1ccccc1. The smallest absolute Gasteiger partial charge is 0.340 e. The molecule has 0 spiro atoms. The number of benzene rings is 2. The highest BCUT2D eigenvalue weighted by Gasteiger charge is 2.31. The largest absolute Gasteiger partial charge is 0.465 e. The van der Waals surface area contributed by atoms with Crippen LogP contribution in [0.15, 0.2) is 48.8 Å². The lowest BCUT2D eigenvalue weighted by Gasteiger charge is -2.25. The van der Waals surface area contributed by atoms with Crippen LogP contribution in [-0.2, 0) is 11.3 Å². The number of ether oxygens (including phenoxy) is 1. The molecule has 0 amide bonds. The third-order valence-corrected chi connectivity index (χ3v) is 7.51. The van der Waals surface area contributed by atoms with Crippen molar-refractivity contribution < 1.29 is 14.1 Å². The van der Waals surface area contributed by atoms with Crippen molar-refractivity contribution in [2.75, 3.05) is 12.4 Å². The summed E-state index contributed by atoms with van der Waals surface area (Å²) in [4.78, 5) is 12.8. The molecule has 5 heteroatoms. The fourth-order valence-corrected chi connectivity index (χ4v) is 5.76. The number of aromatic nitrogens is 2. The molecule has 0 aliphatic heterocycles. The molecule has 1 aromatic heterocycles. The van der Waals surface area contributed by atoms with Crippen molar-refractivity contribution >= 4 is 22.7 Å². The van der Waals surface area contributed by atoms with Gasteiger partial charge in [0.25, 0.3) is 0 Å². The van der Waals surface area contributed by atoms with Gasteiger partial charge in [0.05, 0.1) is 12.7 Å². The Morgan fingerprint density at radius 2 is 1.67 bits per heavy atom. The number of carbonyl (C=O) groups is 1. The van der Waals surface area contributed by atoms with Crippen LogP contribution in [0, 0.1) is 0 Å². The Bertz CT molecular complexity index is 1090. The van der Waals surface area contributed by atoms with Gasteiger partial charge in [-0.15, -0.1) is 0 Å². The fraction of sp³-hybridized carbons (Fsp3) is 0.500. The zero-order valence-electron chi connectivity index (χ0n) is 19.8. The van der Waals surface area contributed by atoms with Crippen LogP contribution in [0.5, 0.6) is 0 Å². The van der Waals surface area contributed by atoms with Gasteiger partial charge in [-0.3, -0.25) is 0 Å². The van der Waals surface area contributed by atoms with Gasteiger partial charge in [-0.05, 0) is 56.2 Å². The minimum atomic E-state index is -0.263. The summed E-state index contributed by atoms with van der Waals surface area (Å²) < 4.78 is 10.0. The zero-order chi connectivity index (χ0) is 22.6. The Hall–Kier alpha value is -2.82. The van der Waals surface area contributed by atoms with Crippen molar-refractivity contribution in [3.05, 3.63) is 59.9 Å². The lowest BCUT2D eigenvalue weighted by molar-refractivity contribution is -0.701. The van der Waals surface area contributed by atoms with Gasteiger partial charge in [0.2, 0.25) is 6.33 Å². The van der Waals surface area contributed by atoms with E-state index in [-0.39, 0.29) is 5.97 Å². The van der Waals surface area contributed by atoms with Gasteiger partial charge < -0.3 is 10.1 Å². The molecule has 174 valence electrons. The van der Waals surface area contributed by atoms with E-state index >= 15 is 0 Å². The molecule has 1 heterocycles. The molecule has 0 saturated heterocycles. The summed E-state index contributed by atoms with van der Waals surface area (Å²) in [6, 6.07) is 15.6. The van der Waals surface area contributed by atoms with Crippen LogP contribution >= 0.6 is 0 Å². The third-order valence-electron chi connectivity index (χ3n) is 7.51. The van der Waals surface area contributed by atoms with Crippen molar-refractivity contribution in [3.63, 3.8) is 0 Å². The summed E-state index contributed by atoms with van der Waals surface area (Å²) in [6.07, 6.45) is 14.7. The van der Waals surface area contributed by atoms with Crippen LogP contribution in [0.3, 0.4) is 0 Å². The van der Waals surface area contributed by atoms with Crippen molar-refractivity contribution in [2.45, 2.75) is 82.8 Å². The first kappa shape index (κ1) is 22.0. The molecular formula is C28H36N3O2+. The molecule has 0 radical (unpaired) electrons. The fourth-order valence-electron chi connectivity index (χ4n) is 5.76. The van der Waals surface area contributed by atoms with E-state index in [2.05, 4.69) is 57.2 Å². The van der Waals surface area contributed by atoms with E-state index in [4.69, 9.17) is 4.74 Å². The maximum atomic E-state index is 12.8. The summed E-state index contributed by atoms with van der Waals surface area (Å²) >= 11 is 0. The summed E-state index contributed by atoms with van der Waals surface area (Å²) in [5, 5.41) is 3.83. The minimum absolute atomic E-state index is 0.263. The van der Waals surface area contributed by atoms with Gasteiger partial charge in [0.15, 0.2) is 11.0 Å². The second-order valence-electron chi connectivity index (χ2n) is 9.75. The zero-order valence-corrected chi connectivity index (χ0v) is 19.8. The quantitative estimate of drug-likeness (QED) is 0.372. The van der Waals surface area contributed by atoms with E-state index < -0.39 is 0 Å². The van der Waals surface area contributed by atoms with E-state index in [1.54, 1.807) is 0 Å².